The van der Waals surface area contributed by atoms with Crippen molar-refractivity contribution in [3.05, 3.63) is 65.2 Å². The fourth-order valence-corrected chi connectivity index (χ4v) is 6.49. The molecule has 0 aromatic heterocycles. The molecule has 5 nitrogen and oxygen atoms in total. The number of piperidine rings is 2. The second kappa shape index (κ2) is 9.75. The number of likely N-dealkylation sites (tertiary alicyclic amines) is 1. The largest absolute Gasteiger partial charge is 0.342 e. The Bertz CT molecular complexity index is 1040. The summed E-state index contributed by atoms with van der Waals surface area (Å²) in [5.41, 5.74) is 3.43. The zero-order valence-corrected chi connectivity index (χ0v) is 20.0. The summed E-state index contributed by atoms with van der Waals surface area (Å²) in [4.78, 5) is 15.5. The van der Waals surface area contributed by atoms with E-state index in [-0.39, 0.29) is 11.8 Å². The van der Waals surface area contributed by atoms with Crippen LogP contribution in [0, 0.1) is 25.7 Å². The van der Waals surface area contributed by atoms with Gasteiger partial charge in [-0.05, 0) is 80.7 Å². The van der Waals surface area contributed by atoms with Gasteiger partial charge in [-0.15, -0.1) is 0 Å². The highest BCUT2D eigenvalue weighted by molar-refractivity contribution is 7.89. The van der Waals surface area contributed by atoms with E-state index in [1.54, 1.807) is 16.4 Å². The highest BCUT2D eigenvalue weighted by Crippen LogP contribution is 2.28. The Balaban J connectivity index is 1.29. The molecule has 2 saturated heterocycles. The molecule has 0 radical (unpaired) electrons. The van der Waals surface area contributed by atoms with Crippen LogP contribution in [0.15, 0.2) is 53.4 Å². The number of amides is 1. The zero-order chi connectivity index (χ0) is 22.7. The maximum absolute atomic E-state index is 13.1. The summed E-state index contributed by atoms with van der Waals surface area (Å²) in [6.45, 7) is 6.37. The van der Waals surface area contributed by atoms with Gasteiger partial charge in [-0.2, -0.15) is 4.31 Å². The lowest BCUT2D eigenvalue weighted by molar-refractivity contribution is -0.138. The van der Waals surface area contributed by atoms with Crippen LogP contribution in [0.3, 0.4) is 0 Å². The molecular weight excluding hydrogens is 420 g/mol. The number of benzene rings is 2. The molecule has 2 fully saturated rings. The van der Waals surface area contributed by atoms with Gasteiger partial charge < -0.3 is 4.90 Å². The van der Waals surface area contributed by atoms with Crippen molar-refractivity contribution in [1.82, 2.24) is 9.21 Å². The van der Waals surface area contributed by atoms with Crippen molar-refractivity contribution in [3.8, 4) is 0 Å². The van der Waals surface area contributed by atoms with Gasteiger partial charge in [0, 0.05) is 32.1 Å². The number of carbonyl (C=O) groups excluding carboxylic acids is 1. The molecule has 2 aromatic rings. The van der Waals surface area contributed by atoms with Crippen LogP contribution in [-0.2, 0) is 21.2 Å². The highest BCUT2D eigenvalue weighted by Gasteiger charge is 2.35. The van der Waals surface area contributed by atoms with Gasteiger partial charge in [0.1, 0.15) is 0 Å². The summed E-state index contributed by atoms with van der Waals surface area (Å²) in [5, 5.41) is 0. The second-order valence-electron chi connectivity index (χ2n) is 9.38. The number of hydrogen-bond acceptors (Lipinski definition) is 3. The average Bonchev–Trinajstić information content (AvgIpc) is 2.81. The summed E-state index contributed by atoms with van der Waals surface area (Å²) in [6, 6.07) is 15.9. The number of carbonyl (C=O) groups is 1. The maximum Gasteiger partial charge on any atom is 0.243 e. The minimum Gasteiger partial charge on any atom is -0.342 e. The molecule has 2 aliphatic heterocycles. The number of nitrogens with zero attached hydrogens (tertiary/aromatic N) is 2. The van der Waals surface area contributed by atoms with E-state index in [1.807, 2.05) is 30.9 Å². The van der Waals surface area contributed by atoms with Crippen molar-refractivity contribution >= 4 is 15.9 Å². The minimum absolute atomic E-state index is 0.0631. The fraction of sp³-hybridized carbons (Fsp3) is 0.500. The van der Waals surface area contributed by atoms with E-state index in [9.17, 15) is 13.2 Å². The molecular formula is C26H34N2O3S. The van der Waals surface area contributed by atoms with Crippen LogP contribution < -0.4 is 0 Å². The Hall–Kier alpha value is -2.18. The third kappa shape index (κ3) is 5.07. The molecule has 0 N–H and O–H groups in total. The molecule has 6 heteroatoms. The van der Waals surface area contributed by atoms with Gasteiger partial charge in [0.15, 0.2) is 0 Å². The van der Waals surface area contributed by atoms with Crippen LogP contribution in [0.2, 0.25) is 0 Å². The predicted molar refractivity (Wildman–Crippen MR) is 127 cm³/mol. The van der Waals surface area contributed by atoms with Crippen molar-refractivity contribution in [2.45, 2.75) is 50.8 Å². The van der Waals surface area contributed by atoms with E-state index in [0.29, 0.717) is 36.7 Å². The number of sulfonamides is 1. The molecule has 0 bridgehead atoms. The first-order chi connectivity index (χ1) is 15.3. The third-order valence-corrected chi connectivity index (χ3v) is 9.11. The first-order valence-corrected chi connectivity index (χ1v) is 13.2. The average molecular weight is 455 g/mol. The molecule has 0 unspecified atom stereocenters. The van der Waals surface area contributed by atoms with Crippen LogP contribution in [0.1, 0.15) is 42.4 Å². The van der Waals surface area contributed by atoms with Crippen LogP contribution in [-0.4, -0.2) is 49.7 Å². The normalized spacial score (nSPS) is 19.2. The van der Waals surface area contributed by atoms with Crippen LogP contribution in [0.25, 0.3) is 0 Å². The molecule has 0 spiro atoms. The molecule has 0 aliphatic carbocycles. The van der Waals surface area contributed by atoms with Crippen LogP contribution in [0.5, 0.6) is 0 Å². The quantitative estimate of drug-likeness (QED) is 0.681. The lowest BCUT2D eigenvalue weighted by Gasteiger charge is -2.37. The lowest BCUT2D eigenvalue weighted by Crippen LogP contribution is -2.46. The van der Waals surface area contributed by atoms with E-state index in [0.717, 1.165) is 43.5 Å². The molecule has 172 valence electrons. The first-order valence-electron chi connectivity index (χ1n) is 11.7. The SMILES string of the molecule is Cc1ccc(S(=O)(=O)N2CCC(C(=O)N3CCC(Cc4ccccc4)CC3)CC2)cc1C. The summed E-state index contributed by atoms with van der Waals surface area (Å²) >= 11 is 0. The van der Waals surface area contributed by atoms with Crippen LogP contribution in [0.4, 0.5) is 0 Å². The Morgan fingerprint density at radius 1 is 0.875 bits per heavy atom. The molecule has 0 atom stereocenters. The van der Waals surface area contributed by atoms with Gasteiger partial charge in [0.25, 0.3) is 0 Å². The van der Waals surface area contributed by atoms with E-state index < -0.39 is 10.0 Å². The minimum atomic E-state index is -3.50. The van der Waals surface area contributed by atoms with Crippen molar-refractivity contribution in [3.63, 3.8) is 0 Å². The van der Waals surface area contributed by atoms with Gasteiger partial charge in [-0.3, -0.25) is 4.79 Å². The molecule has 32 heavy (non-hydrogen) atoms. The Morgan fingerprint density at radius 3 is 2.16 bits per heavy atom. The third-order valence-electron chi connectivity index (χ3n) is 7.21. The van der Waals surface area contributed by atoms with Crippen molar-refractivity contribution in [2.75, 3.05) is 26.2 Å². The molecule has 1 amide bonds. The molecule has 2 aromatic carbocycles. The van der Waals surface area contributed by atoms with Gasteiger partial charge in [-0.1, -0.05) is 36.4 Å². The van der Waals surface area contributed by atoms with Gasteiger partial charge in [-0.25, -0.2) is 8.42 Å². The fourth-order valence-electron chi connectivity index (χ4n) is 4.93. The van der Waals surface area contributed by atoms with Gasteiger partial charge in [0.05, 0.1) is 4.90 Å². The van der Waals surface area contributed by atoms with E-state index in [2.05, 4.69) is 24.3 Å². The number of aryl methyl sites for hydroxylation is 2. The summed E-state index contributed by atoms with van der Waals surface area (Å²) in [7, 11) is -3.50. The van der Waals surface area contributed by atoms with Gasteiger partial charge in [0.2, 0.25) is 15.9 Å². The van der Waals surface area contributed by atoms with Crippen molar-refractivity contribution in [1.29, 1.82) is 0 Å². The predicted octanol–water partition coefficient (Wildman–Crippen LogP) is 4.19. The Labute approximate surface area is 192 Å². The van der Waals surface area contributed by atoms with Crippen LogP contribution >= 0.6 is 0 Å². The summed E-state index contributed by atoms with van der Waals surface area (Å²) < 4.78 is 27.6. The maximum atomic E-state index is 13.1. The second-order valence-corrected chi connectivity index (χ2v) is 11.3. The van der Waals surface area contributed by atoms with E-state index in [4.69, 9.17) is 0 Å². The molecule has 2 heterocycles. The topological polar surface area (TPSA) is 57.7 Å². The summed E-state index contributed by atoms with van der Waals surface area (Å²) in [5.74, 6) is 0.782. The lowest BCUT2D eigenvalue weighted by atomic mass is 9.89. The molecule has 2 aliphatic rings. The molecule has 0 saturated carbocycles. The Morgan fingerprint density at radius 2 is 1.53 bits per heavy atom. The number of rotatable bonds is 5. The zero-order valence-electron chi connectivity index (χ0n) is 19.2. The summed E-state index contributed by atoms with van der Waals surface area (Å²) in [6.07, 6.45) is 4.37. The molecule has 4 rings (SSSR count). The highest BCUT2D eigenvalue weighted by atomic mass is 32.2. The number of hydrogen-bond donors (Lipinski definition) is 0. The van der Waals surface area contributed by atoms with Gasteiger partial charge >= 0.3 is 0 Å². The first kappa shape index (κ1) is 23.0. The van der Waals surface area contributed by atoms with E-state index in [1.165, 1.54) is 5.56 Å². The monoisotopic (exact) mass is 454 g/mol. The standard InChI is InChI=1S/C26H34N2O3S/c1-20-8-9-25(18-21(20)2)32(30,31)28-16-12-24(13-17-28)26(29)27-14-10-23(11-15-27)19-22-6-4-3-5-7-22/h3-9,18,23-24H,10-17,19H2,1-2H3. The Kier molecular flexibility index (Phi) is 7.01. The van der Waals surface area contributed by atoms with Crippen molar-refractivity contribution in [2.24, 2.45) is 11.8 Å². The van der Waals surface area contributed by atoms with E-state index >= 15 is 0 Å². The van der Waals surface area contributed by atoms with Crippen molar-refractivity contribution < 1.29 is 13.2 Å². The smallest absolute Gasteiger partial charge is 0.243 e.